The molecule has 4 aromatic rings. The summed E-state index contributed by atoms with van der Waals surface area (Å²) in [4.78, 5) is 17.0. The third kappa shape index (κ3) is 6.01. The number of nitrogens with one attached hydrogen (secondary N) is 1. The fourth-order valence-electron chi connectivity index (χ4n) is 3.94. The minimum Gasteiger partial charge on any atom is -0.492 e. The molecule has 0 saturated carbocycles. The molecule has 5 heteroatoms. The number of aryl methyl sites for hydroxylation is 3. The molecule has 1 aromatic heterocycles. The van der Waals surface area contributed by atoms with Crippen LogP contribution >= 0.6 is 0 Å². The summed E-state index contributed by atoms with van der Waals surface area (Å²) in [5, 5.41) is 3.03. The van der Waals surface area contributed by atoms with E-state index in [1.807, 2.05) is 54.6 Å². The van der Waals surface area contributed by atoms with Crippen LogP contribution in [0.5, 0.6) is 5.75 Å². The highest BCUT2D eigenvalue weighted by Crippen LogP contribution is 2.19. The molecule has 4 rings (SSSR count). The first-order chi connectivity index (χ1) is 16.1. The number of imidazole rings is 1. The Morgan fingerprint density at radius 3 is 2.58 bits per heavy atom. The van der Waals surface area contributed by atoms with E-state index < -0.39 is 0 Å². The van der Waals surface area contributed by atoms with E-state index in [9.17, 15) is 4.79 Å². The average Bonchev–Trinajstić information content (AvgIpc) is 3.17. The van der Waals surface area contributed by atoms with Gasteiger partial charge >= 0.3 is 0 Å². The Balaban J connectivity index is 1.33. The lowest BCUT2D eigenvalue weighted by atomic mass is 10.1. The highest BCUT2D eigenvalue weighted by Gasteiger charge is 2.11. The highest BCUT2D eigenvalue weighted by atomic mass is 16.5. The molecule has 0 atom stereocenters. The Morgan fingerprint density at radius 2 is 1.76 bits per heavy atom. The van der Waals surface area contributed by atoms with Gasteiger partial charge in [-0.05, 0) is 61.2 Å². The van der Waals surface area contributed by atoms with Gasteiger partial charge in [0.05, 0.1) is 24.0 Å². The van der Waals surface area contributed by atoms with Crippen molar-refractivity contribution in [2.45, 2.75) is 39.7 Å². The summed E-state index contributed by atoms with van der Waals surface area (Å²) >= 11 is 0. The van der Waals surface area contributed by atoms with Gasteiger partial charge in [0.2, 0.25) is 5.91 Å². The third-order valence-corrected chi connectivity index (χ3v) is 5.90. The molecule has 1 amide bonds. The van der Waals surface area contributed by atoms with Gasteiger partial charge in [-0.3, -0.25) is 4.79 Å². The van der Waals surface area contributed by atoms with Crippen molar-refractivity contribution < 1.29 is 9.53 Å². The minimum atomic E-state index is 0.0523. The molecular formula is C28H31N3O2. The summed E-state index contributed by atoms with van der Waals surface area (Å²) in [7, 11) is 0. The largest absolute Gasteiger partial charge is 0.492 e. The normalized spacial score (nSPS) is 11.0. The number of amides is 1. The van der Waals surface area contributed by atoms with E-state index in [1.54, 1.807) is 0 Å². The maximum Gasteiger partial charge on any atom is 0.224 e. The lowest BCUT2D eigenvalue weighted by Crippen LogP contribution is -2.26. The van der Waals surface area contributed by atoms with Crippen molar-refractivity contribution in [3.63, 3.8) is 0 Å². The minimum absolute atomic E-state index is 0.0523. The molecule has 0 saturated heterocycles. The molecule has 0 radical (unpaired) electrons. The van der Waals surface area contributed by atoms with E-state index >= 15 is 0 Å². The van der Waals surface area contributed by atoms with Crippen molar-refractivity contribution in [1.29, 1.82) is 0 Å². The van der Waals surface area contributed by atoms with Gasteiger partial charge in [0.1, 0.15) is 18.2 Å². The number of carbonyl (C=O) groups excluding carboxylic acids is 1. The van der Waals surface area contributed by atoms with Crippen LogP contribution in [0, 0.1) is 13.8 Å². The number of fused-ring (bicyclic) bond motifs is 1. The summed E-state index contributed by atoms with van der Waals surface area (Å²) in [6.45, 7) is 6.14. The first-order valence-corrected chi connectivity index (χ1v) is 11.5. The molecule has 1 N–H and O–H groups in total. The Hall–Kier alpha value is -3.60. The number of hydrogen-bond donors (Lipinski definition) is 1. The number of carbonyl (C=O) groups is 1. The van der Waals surface area contributed by atoms with Gasteiger partial charge < -0.3 is 14.6 Å². The summed E-state index contributed by atoms with van der Waals surface area (Å²) in [6.07, 6.45) is 2.04. The second kappa shape index (κ2) is 10.8. The van der Waals surface area contributed by atoms with Gasteiger partial charge in [0, 0.05) is 13.0 Å². The summed E-state index contributed by atoms with van der Waals surface area (Å²) < 4.78 is 8.27. The molecular weight excluding hydrogens is 410 g/mol. The van der Waals surface area contributed by atoms with Crippen LogP contribution in [-0.4, -0.2) is 28.6 Å². The zero-order valence-corrected chi connectivity index (χ0v) is 19.4. The second-order valence-corrected chi connectivity index (χ2v) is 8.38. The predicted molar refractivity (Wildman–Crippen MR) is 133 cm³/mol. The summed E-state index contributed by atoms with van der Waals surface area (Å²) in [5.41, 5.74) is 5.63. The number of hydrogen-bond acceptors (Lipinski definition) is 3. The van der Waals surface area contributed by atoms with Gasteiger partial charge in [-0.2, -0.15) is 0 Å². The Morgan fingerprint density at radius 1 is 0.970 bits per heavy atom. The monoisotopic (exact) mass is 441 g/mol. The predicted octanol–water partition coefficient (Wildman–Crippen LogP) is 5.02. The maximum absolute atomic E-state index is 12.2. The fraction of sp³-hybridized carbons (Fsp3) is 0.286. The second-order valence-electron chi connectivity index (χ2n) is 8.38. The topological polar surface area (TPSA) is 56.1 Å². The molecule has 33 heavy (non-hydrogen) atoms. The lowest BCUT2D eigenvalue weighted by molar-refractivity contribution is -0.120. The van der Waals surface area contributed by atoms with Crippen LogP contribution in [0.1, 0.15) is 28.9 Å². The van der Waals surface area contributed by atoms with Gasteiger partial charge in [0.15, 0.2) is 0 Å². The molecule has 0 aliphatic rings. The van der Waals surface area contributed by atoms with Crippen molar-refractivity contribution in [3.05, 3.63) is 95.3 Å². The van der Waals surface area contributed by atoms with Crippen LogP contribution in [0.3, 0.4) is 0 Å². The summed E-state index contributed by atoms with van der Waals surface area (Å²) in [6, 6.07) is 24.2. The van der Waals surface area contributed by atoms with Crippen LogP contribution in [0.25, 0.3) is 11.0 Å². The van der Waals surface area contributed by atoms with E-state index in [4.69, 9.17) is 9.72 Å². The van der Waals surface area contributed by atoms with Crippen LogP contribution in [0.2, 0.25) is 0 Å². The van der Waals surface area contributed by atoms with Crippen molar-refractivity contribution in [2.75, 3.05) is 13.2 Å². The average molecular weight is 442 g/mol. The first kappa shape index (κ1) is 22.6. The highest BCUT2D eigenvalue weighted by molar-refractivity contribution is 5.78. The number of para-hydroxylation sites is 2. The van der Waals surface area contributed by atoms with Crippen molar-refractivity contribution >= 4 is 16.9 Å². The first-order valence-electron chi connectivity index (χ1n) is 11.5. The standard InChI is InChI=1S/C28H31N3O2/c1-21-14-15-24(19-22(21)2)33-18-17-31-26-12-7-6-11-25(26)30-27(31)13-8-16-29-28(32)20-23-9-4-3-5-10-23/h3-7,9-12,14-15,19H,8,13,16-18,20H2,1-2H3,(H,29,32). The molecule has 170 valence electrons. The number of aromatic nitrogens is 2. The fourth-order valence-corrected chi connectivity index (χ4v) is 3.94. The molecule has 3 aromatic carbocycles. The van der Waals surface area contributed by atoms with Crippen LogP contribution in [0.15, 0.2) is 72.8 Å². The van der Waals surface area contributed by atoms with Gasteiger partial charge in [0.25, 0.3) is 0 Å². The number of nitrogens with zero attached hydrogens (tertiary/aromatic N) is 2. The zero-order chi connectivity index (χ0) is 23.0. The molecule has 1 heterocycles. The Bertz CT molecular complexity index is 1210. The van der Waals surface area contributed by atoms with Crippen molar-refractivity contribution in [2.24, 2.45) is 0 Å². The van der Waals surface area contributed by atoms with Crippen molar-refractivity contribution in [1.82, 2.24) is 14.9 Å². The van der Waals surface area contributed by atoms with E-state index in [-0.39, 0.29) is 5.91 Å². The molecule has 5 nitrogen and oxygen atoms in total. The van der Waals surface area contributed by atoms with E-state index in [0.717, 1.165) is 47.6 Å². The molecule has 0 bridgehead atoms. The van der Waals surface area contributed by atoms with E-state index in [2.05, 4.69) is 41.9 Å². The van der Waals surface area contributed by atoms with Crippen LogP contribution in [-0.2, 0) is 24.2 Å². The van der Waals surface area contributed by atoms with E-state index in [0.29, 0.717) is 19.6 Å². The van der Waals surface area contributed by atoms with Gasteiger partial charge in [-0.15, -0.1) is 0 Å². The smallest absolute Gasteiger partial charge is 0.224 e. The lowest BCUT2D eigenvalue weighted by Gasteiger charge is -2.12. The number of rotatable bonds is 10. The molecule has 0 unspecified atom stereocenters. The third-order valence-electron chi connectivity index (χ3n) is 5.90. The quantitative estimate of drug-likeness (QED) is 0.352. The Kier molecular flexibility index (Phi) is 7.40. The zero-order valence-electron chi connectivity index (χ0n) is 19.4. The summed E-state index contributed by atoms with van der Waals surface area (Å²) in [5.74, 6) is 1.97. The molecule has 0 aliphatic carbocycles. The molecule has 0 spiro atoms. The SMILES string of the molecule is Cc1ccc(OCCn2c(CCCNC(=O)Cc3ccccc3)nc3ccccc32)cc1C. The Labute approximate surface area is 195 Å². The van der Waals surface area contributed by atoms with Gasteiger partial charge in [-0.25, -0.2) is 4.98 Å². The van der Waals surface area contributed by atoms with Crippen molar-refractivity contribution in [3.8, 4) is 5.75 Å². The molecule has 0 aliphatic heterocycles. The van der Waals surface area contributed by atoms with Crippen LogP contribution < -0.4 is 10.1 Å². The van der Waals surface area contributed by atoms with Gasteiger partial charge in [-0.1, -0.05) is 48.5 Å². The number of ether oxygens (including phenoxy) is 1. The van der Waals surface area contributed by atoms with E-state index in [1.165, 1.54) is 11.1 Å². The number of benzene rings is 3. The van der Waals surface area contributed by atoms with Crippen LogP contribution in [0.4, 0.5) is 0 Å². The molecule has 0 fully saturated rings. The maximum atomic E-state index is 12.2.